The second-order valence-electron chi connectivity index (χ2n) is 4.38. The third-order valence-electron chi connectivity index (χ3n) is 3.01. The van der Waals surface area contributed by atoms with E-state index in [4.69, 9.17) is 4.74 Å². The van der Waals surface area contributed by atoms with E-state index >= 15 is 0 Å². The Hall–Kier alpha value is -2.62. The van der Waals surface area contributed by atoms with Crippen LogP contribution >= 0.6 is 0 Å². The van der Waals surface area contributed by atoms with Crippen LogP contribution in [-0.4, -0.2) is 10.2 Å². The SMILES string of the molecule is Fc1c(OCc2ccccc2)cccc1-c1cn[nH]c1. The number of halogens is 1. The summed E-state index contributed by atoms with van der Waals surface area (Å²) in [5, 5.41) is 6.51. The number of hydrogen-bond acceptors (Lipinski definition) is 2. The van der Waals surface area contributed by atoms with Crippen molar-refractivity contribution in [3.05, 3.63) is 72.3 Å². The molecule has 3 nitrogen and oxygen atoms in total. The van der Waals surface area contributed by atoms with Crippen molar-refractivity contribution in [1.82, 2.24) is 10.2 Å². The fraction of sp³-hybridized carbons (Fsp3) is 0.0625. The smallest absolute Gasteiger partial charge is 0.172 e. The Morgan fingerprint density at radius 3 is 2.65 bits per heavy atom. The lowest BCUT2D eigenvalue weighted by molar-refractivity contribution is 0.291. The third kappa shape index (κ3) is 2.54. The monoisotopic (exact) mass is 268 g/mol. The number of hydrogen-bond donors (Lipinski definition) is 1. The van der Waals surface area contributed by atoms with E-state index in [1.165, 1.54) is 0 Å². The number of benzene rings is 2. The first-order valence-electron chi connectivity index (χ1n) is 6.29. The van der Waals surface area contributed by atoms with Gasteiger partial charge < -0.3 is 4.74 Å². The van der Waals surface area contributed by atoms with Crippen molar-refractivity contribution in [2.45, 2.75) is 6.61 Å². The van der Waals surface area contributed by atoms with Gasteiger partial charge in [-0.15, -0.1) is 0 Å². The molecule has 20 heavy (non-hydrogen) atoms. The van der Waals surface area contributed by atoms with Gasteiger partial charge in [0.25, 0.3) is 0 Å². The lowest BCUT2D eigenvalue weighted by Crippen LogP contribution is -1.98. The molecular weight excluding hydrogens is 255 g/mol. The molecule has 1 heterocycles. The van der Waals surface area contributed by atoms with E-state index in [9.17, 15) is 4.39 Å². The maximum absolute atomic E-state index is 14.4. The molecule has 0 amide bonds. The van der Waals surface area contributed by atoms with Gasteiger partial charge in [-0.1, -0.05) is 42.5 Å². The minimum absolute atomic E-state index is 0.243. The molecule has 0 saturated carbocycles. The summed E-state index contributed by atoms with van der Waals surface area (Å²) in [6.07, 6.45) is 3.23. The number of nitrogens with zero attached hydrogens (tertiary/aromatic N) is 1. The highest BCUT2D eigenvalue weighted by Gasteiger charge is 2.11. The van der Waals surface area contributed by atoms with Gasteiger partial charge in [0, 0.05) is 17.3 Å². The van der Waals surface area contributed by atoms with Crippen molar-refractivity contribution >= 4 is 0 Å². The molecule has 0 aliphatic carbocycles. The van der Waals surface area contributed by atoms with Gasteiger partial charge in [0.05, 0.1) is 6.20 Å². The summed E-state index contributed by atoms with van der Waals surface area (Å²) < 4.78 is 19.9. The van der Waals surface area contributed by atoms with Crippen LogP contribution in [0.25, 0.3) is 11.1 Å². The van der Waals surface area contributed by atoms with Gasteiger partial charge in [0.1, 0.15) is 6.61 Å². The van der Waals surface area contributed by atoms with E-state index in [0.29, 0.717) is 17.7 Å². The fourth-order valence-electron chi connectivity index (χ4n) is 1.98. The highest BCUT2D eigenvalue weighted by molar-refractivity contribution is 5.64. The number of rotatable bonds is 4. The van der Waals surface area contributed by atoms with Gasteiger partial charge in [-0.05, 0) is 11.6 Å². The standard InChI is InChI=1S/C16H13FN2O/c17-16-14(13-9-18-19-10-13)7-4-8-15(16)20-11-12-5-2-1-3-6-12/h1-10H,11H2,(H,18,19). The van der Waals surface area contributed by atoms with Crippen molar-refractivity contribution in [3.63, 3.8) is 0 Å². The molecule has 0 fully saturated rings. The molecule has 1 N–H and O–H groups in total. The second-order valence-corrected chi connectivity index (χ2v) is 4.38. The molecule has 0 bridgehead atoms. The van der Waals surface area contributed by atoms with Crippen LogP contribution in [0.2, 0.25) is 0 Å². The Morgan fingerprint density at radius 2 is 1.90 bits per heavy atom. The summed E-state index contributed by atoms with van der Waals surface area (Å²) in [5.41, 5.74) is 2.18. The van der Waals surface area contributed by atoms with E-state index < -0.39 is 0 Å². The molecular formula is C16H13FN2O. The first-order valence-corrected chi connectivity index (χ1v) is 6.29. The van der Waals surface area contributed by atoms with E-state index in [-0.39, 0.29) is 11.6 Å². The van der Waals surface area contributed by atoms with Gasteiger partial charge in [-0.25, -0.2) is 4.39 Å². The summed E-state index contributed by atoms with van der Waals surface area (Å²) in [6, 6.07) is 14.8. The van der Waals surface area contributed by atoms with Crippen LogP contribution in [0.15, 0.2) is 60.9 Å². The average molecular weight is 268 g/mol. The molecule has 3 rings (SSSR count). The predicted octanol–water partition coefficient (Wildman–Crippen LogP) is 3.79. The van der Waals surface area contributed by atoms with E-state index in [1.807, 2.05) is 30.3 Å². The Morgan fingerprint density at radius 1 is 1.05 bits per heavy atom. The van der Waals surface area contributed by atoms with Crippen molar-refractivity contribution in [2.24, 2.45) is 0 Å². The van der Waals surface area contributed by atoms with Gasteiger partial charge in [0.2, 0.25) is 0 Å². The number of ether oxygens (including phenoxy) is 1. The zero-order valence-electron chi connectivity index (χ0n) is 10.7. The summed E-state index contributed by atoms with van der Waals surface area (Å²) in [5.74, 6) is -0.127. The number of H-pyrrole nitrogens is 1. The molecule has 2 aromatic carbocycles. The highest BCUT2D eigenvalue weighted by atomic mass is 19.1. The van der Waals surface area contributed by atoms with Gasteiger partial charge in [0.15, 0.2) is 11.6 Å². The van der Waals surface area contributed by atoms with Gasteiger partial charge in [-0.3, -0.25) is 5.10 Å². The van der Waals surface area contributed by atoms with Crippen LogP contribution in [0.3, 0.4) is 0 Å². The van der Waals surface area contributed by atoms with Gasteiger partial charge in [-0.2, -0.15) is 5.10 Å². The number of aromatic nitrogens is 2. The van der Waals surface area contributed by atoms with E-state index in [0.717, 1.165) is 5.56 Å². The van der Waals surface area contributed by atoms with Crippen LogP contribution in [0.1, 0.15) is 5.56 Å². The summed E-state index contributed by atoms with van der Waals surface area (Å²) >= 11 is 0. The molecule has 0 unspecified atom stereocenters. The predicted molar refractivity (Wildman–Crippen MR) is 74.8 cm³/mol. The van der Waals surface area contributed by atoms with Crippen LogP contribution in [0, 0.1) is 5.82 Å². The molecule has 0 saturated heterocycles. The Bertz CT molecular complexity index is 681. The van der Waals surface area contributed by atoms with Crippen LogP contribution in [-0.2, 0) is 6.61 Å². The number of nitrogens with one attached hydrogen (secondary N) is 1. The molecule has 1 aromatic heterocycles. The molecule has 0 aliphatic heterocycles. The molecule has 4 heteroatoms. The summed E-state index contributed by atoms with van der Waals surface area (Å²) in [6.45, 7) is 0.340. The first kappa shape index (κ1) is 12.4. The van der Waals surface area contributed by atoms with Crippen molar-refractivity contribution < 1.29 is 9.13 Å². The molecule has 0 radical (unpaired) electrons. The summed E-state index contributed by atoms with van der Waals surface area (Å²) in [4.78, 5) is 0. The molecule has 0 spiro atoms. The third-order valence-corrected chi connectivity index (χ3v) is 3.01. The van der Waals surface area contributed by atoms with Gasteiger partial charge >= 0.3 is 0 Å². The maximum atomic E-state index is 14.4. The quantitative estimate of drug-likeness (QED) is 0.781. The fourth-order valence-corrected chi connectivity index (χ4v) is 1.98. The average Bonchev–Trinajstić information content (AvgIpc) is 3.01. The van der Waals surface area contributed by atoms with Crippen molar-refractivity contribution in [2.75, 3.05) is 0 Å². The molecule has 3 aromatic rings. The lowest BCUT2D eigenvalue weighted by Gasteiger charge is -2.09. The molecule has 100 valence electrons. The van der Waals surface area contributed by atoms with Crippen molar-refractivity contribution in [3.8, 4) is 16.9 Å². The van der Waals surface area contributed by atoms with Crippen LogP contribution < -0.4 is 4.74 Å². The Balaban J connectivity index is 1.82. The Kier molecular flexibility index (Phi) is 3.46. The topological polar surface area (TPSA) is 37.9 Å². The normalized spacial score (nSPS) is 10.4. The lowest BCUT2D eigenvalue weighted by atomic mass is 10.1. The van der Waals surface area contributed by atoms with E-state index in [2.05, 4.69) is 10.2 Å². The maximum Gasteiger partial charge on any atom is 0.172 e. The number of aromatic amines is 1. The molecule has 0 aliphatic rings. The van der Waals surface area contributed by atoms with Crippen molar-refractivity contribution in [1.29, 1.82) is 0 Å². The first-order chi connectivity index (χ1) is 9.84. The zero-order valence-corrected chi connectivity index (χ0v) is 10.7. The minimum atomic E-state index is -0.371. The second kappa shape index (κ2) is 5.57. The molecule has 0 atom stereocenters. The highest BCUT2D eigenvalue weighted by Crippen LogP contribution is 2.28. The van der Waals surface area contributed by atoms with Crippen LogP contribution in [0.5, 0.6) is 5.75 Å². The zero-order chi connectivity index (χ0) is 13.8. The minimum Gasteiger partial charge on any atom is -0.486 e. The largest absolute Gasteiger partial charge is 0.486 e. The van der Waals surface area contributed by atoms with Crippen LogP contribution in [0.4, 0.5) is 4.39 Å². The van der Waals surface area contributed by atoms with E-state index in [1.54, 1.807) is 30.6 Å². The summed E-state index contributed by atoms with van der Waals surface area (Å²) in [7, 11) is 0. The Labute approximate surface area is 116 Å².